The maximum atomic E-state index is 13.1. The molecule has 134 valence electrons. The molecule has 3 aliphatic heterocycles. The number of oxazole rings is 1. The van der Waals surface area contributed by atoms with E-state index in [2.05, 4.69) is 20.1 Å². The number of likely N-dealkylation sites (N-methyl/N-ethyl adjacent to an activating group) is 1. The normalized spacial score (nSPS) is 24.9. The number of aromatic amines is 1. The van der Waals surface area contributed by atoms with Crippen molar-refractivity contribution in [2.24, 2.45) is 5.92 Å². The number of H-pyrrole nitrogens is 1. The first kappa shape index (κ1) is 15.6. The Morgan fingerprint density at radius 2 is 2.19 bits per heavy atom. The van der Waals surface area contributed by atoms with E-state index in [0.29, 0.717) is 17.5 Å². The molecule has 1 N–H and O–H groups in total. The van der Waals surface area contributed by atoms with Gasteiger partial charge in [-0.15, -0.1) is 0 Å². The van der Waals surface area contributed by atoms with Gasteiger partial charge in [0, 0.05) is 30.6 Å². The number of hydrogen-bond donors (Lipinski definition) is 1. The number of piperidine rings is 3. The Kier molecular flexibility index (Phi) is 3.56. The van der Waals surface area contributed by atoms with E-state index in [9.17, 15) is 4.79 Å². The molecule has 0 unspecified atom stereocenters. The highest BCUT2D eigenvalue weighted by Gasteiger charge is 2.38. The Morgan fingerprint density at radius 1 is 1.35 bits per heavy atom. The number of carbonyl (C=O) groups is 1. The zero-order valence-corrected chi connectivity index (χ0v) is 14.7. The number of amides is 1. The molecule has 1 atom stereocenters. The molecule has 2 aromatic heterocycles. The van der Waals surface area contributed by atoms with Crippen LogP contribution in [0.4, 0.5) is 0 Å². The highest BCUT2D eigenvalue weighted by Crippen LogP contribution is 2.31. The van der Waals surface area contributed by atoms with Gasteiger partial charge >= 0.3 is 0 Å². The summed E-state index contributed by atoms with van der Waals surface area (Å²) in [6.07, 6.45) is 5.53. The minimum Gasteiger partial charge on any atom is -0.445 e. The number of aromatic nitrogens is 3. The fourth-order valence-electron chi connectivity index (χ4n) is 4.37. The van der Waals surface area contributed by atoms with Gasteiger partial charge in [-0.1, -0.05) is 0 Å². The Bertz CT molecular complexity index is 940. The second-order valence-corrected chi connectivity index (χ2v) is 7.29. The molecule has 2 bridgehead atoms. The van der Waals surface area contributed by atoms with E-state index < -0.39 is 0 Å². The molecular weight excluding hydrogens is 330 g/mol. The largest absolute Gasteiger partial charge is 0.445 e. The summed E-state index contributed by atoms with van der Waals surface area (Å²) in [5.41, 5.74) is 2.15. The van der Waals surface area contributed by atoms with Crippen molar-refractivity contribution >= 4 is 16.8 Å². The summed E-state index contributed by atoms with van der Waals surface area (Å²) in [6, 6.07) is 6.02. The fraction of sp³-hybridized carbons (Fsp3) is 0.421. The van der Waals surface area contributed by atoms with Gasteiger partial charge in [-0.25, -0.2) is 4.98 Å². The van der Waals surface area contributed by atoms with E-state index in [4.69, 9.17) is 4.42 Å². The molecule has 0 saturated carbocycles. The van der Waals surface area contributed by atoms with Gasteiger partial charge in [0.2, 0.25) is 5.89 Å². The van der Waals surface area contributed by atoms with Gasteiger partial charge in [0.15, 0.2) is 5.69 Å². The van der Waals surface area contributed by atoms with Crippen LogP contribution >= 0.6 is 0 Å². The highest BCUT2D eigenvalue weighted by atomic mass is 16.3. The van der Waals surface area contributed by atoms with Gasteiger partial charge in [0.05, 0.1) is 11.7 Å². The van der Waals surface area contributed by atoms with Crippen LogP contribution in [0.15, 0.2) is 35.1 Å². The van der Waals surface area contributed by atoms with E-state index in [-0.39, 0.29) is 11.9 Å². The molecular formula is C19H21N5O2. The van der Waals surface area contributed by atoms with E-state index in [0.717, 1.165) is 36.1 Å². The summed E-state index contributed by atoms with van der Waals surface area (Å²) in [5, 5.41) is 8.13. The summed E-state index contributed by atoms with van der Waals surface area (Å²) in [4.78, 5) is 21.6. The predicted octanol–water partition coefficient (Wildman–Crippen LogP) is 2.38. The minimum atomic E-state index is -0.0149. The molecule has 0 radical (unpaired) electrons. The van der Waals surface area contributed by atoms with Crippen molar-refractivity contribution in [1.82, 2.24) is 25.0 Å². The lowest BCUT2D eigenvalue weighted by Gasteiger charge is -2.47. The maximum Gasteiger partial charge on any atom is 0.275 e. The highest BCUT2D eigenvalue weighted by molar-refractivity contribution is 6.05. The van der Waals surface area contributed by atoms with Crippen LogP contribution in [0.3, 0.4) is 0 Å². The Balaban J connectivity index is 1.44. The number of nitrogens with one attached hydrogen (secondary N) is 1. The zero-order valence-electron chi connectivity index (χ0n) is 14.7. The lowest BCUT2D eigenvalue weighted by molar-refractivity contribution is 0.0160. The number of rotatable bonds is 3. The van der Waals surface area contributed by atoms with Crippen molar-refractivity contribution in [3.63, 3.8) is 0 Å². The first-order valence-corrected chi connectivity index (χ1v) is 9.08. The SMILES string of the molecule is CN(C(=O)c1n[nH]c2cc(-c3ncco3)ccc12)[C@@H]1CN2CCC1CC2. The Labute approximate surface area is 151 Å². The summed E-state index contributed by atoms with van der Waals surface area (Å²) in [7, 11) is 1.91. The molecule has 0 spiro atoms. The fourth-order valence-corrected chi connectivity index (χ4v) is 4.37. The van der Waals surface area contributed by atoms with Gasteiger partial charge in [-0.3, -0.25) is 9.89 Å². The average Bonchev–Trinajstić information content (AvgIpc) is 3.37. The van der Waals surface area contributed by atoms with Crippen LogP contribution < -0.4 is 0 Å². The van der Waals surface area contributed by atoms with Crippen LogP contribution in [0.25, 0.3) is 22.4 Å². The standard InChI is InChI=1S/C19H21N5O2/c1-23(16-11-24-7-4-12(16)5-8-24)19(25)17-14-3-2-13(10-15(14)21-22-17)18-20-6-9-26-18/h2-3,6,9-10,12,16H,4-5,7-8,11H2,1H3,(H,21,22)/t16-/m1/s1. The third-order valence-electron chi connectivity index (χ3n) is 5.88. The molecule has 3 saturated heterocycles. The Hall–Kier alpha value is -2.67. The summed E-state index contributed by atoms with van der Waals surface area (Å²) >= 11 is 0. The molecule has 3 fully saturated rings. The van der Waals surface area contributed by atoms with E-state index in [1.54, 1.807) is 12.5 Å². The number of carbonyl (C=O) groups excluding carboxylic acids is 1. The maximum absolute atomic E-state index is 13.1. The van der Waals surface area contributed by atoms with Gasteiger partial charge in [0.1, 0.15) is 6.26 Å². The van der Waals surface area contributed by atoms with Crippen LogP contribution in [0.1, 0.15) is 23.3 Å². The van der Waals surface area contributed by atoms with Gasteiger partial charge < -0.3 is 14.2 Å². The first-order valence-electron chi connectivity index (χ1n) is 9.08. The van der Waals surface area contributed by atoms with Gasteiger partial charge in [-0.05, 0) is 50.0 Å². The van der Waals surface area contributed by atoms with Crippen molar-refractivity contribution in [2.45, 2.75) is 18.9 Å². The van der Waals surface area contributed by atoms with Crippen molar-refractivity contribution in [3.8, 4) is 11.5 Å². The quantitative estimate of drug-likeness (QED) is 0.784. The van der Waals surface area contributed by atoms with Crippen LogP contribution in [-0.2, 0) is 0 Å². The molecule has 7 nitrogen and oxygen atoms in total. The molecule has 7 heteroatoms. The number of benzene rings is 1. The smallest absolute Gasteiger partial charge is 0.275 e. The van der Waals surface area contributed by atoms with Gasteiger partial charge in [-0.2, -0.15) is 5.10 Å². The summed E-state index contributed by atoms with van der Waals surface area (Å²) < 4.78 is 5.34. The Morgan fingerprint density at radius 3 is 2.88 bits per heavy atom. The van der Waals surface area contributed by atoms with Crippen LogP contribution in [0, 0.1) is 5.92 Å². The van der Waals surface area contributed by atoms with E-state index in [1.165, 1.54) is 12.8 Å². The summed E-state index contributed by atoms with van der Waals surface area (Å²) in [6.45, 7) is 3.31. The van der Waals surface area contributed by atoms with Crippen LogP contribution in [0.2, 0.25) is 0 Å². The zero-order chi connectivity index (χ0) is 17.7. The lowest BCUT2D eigenvalue weighted by Crippen LogP contribution is -2.57. The number of nitrogens with zero attached hydrogens (tertiary/aromatic N) is 4. The van der Waals surface area contributed by atoms with E-state index in [1.807, 2.05) is 30.1 Å². The molecule has 3 aromatic rings. The molecule has 0 aliphatic carbocycles. The number of hydrogen-bond acceptors (Lipinski definition) is 5. The molecule has 1 amide bonds. The number of fused-ring (bicyclic) bond motifs is 4. The average molecular weight is 351 g/mol. The minimum absolute atomic E-state index is 0.0149. The van der Waals surface area contributed by atoms with Crippen LogP contribution in [0.5, 0.6) is 0 Å². The van der Waals surface area contributed by atoms with Crippen molar-refractivity contribution in [2.75, 3.05) is 26.7 Å². The molecule has 3 aliphatic rings. The lowest BCUT2D eigenvalue weighted by atomic mass is 9.83. The van der Waals surface area contributed by atoms with Crippen molar-refractivity contribution < 1.29 is 9.21 Å². The second-order valence-electron chi connectivity index (χ2n) is 7.29. The summed E-state index contributed by atoms with van der Waals surface area (Å²) in [5.74, 6) is 1.15. The third kappa shape index (κ3) is 2.42. The first-order chi connectivity index (χ1) is 12.7. The van der Waals surface area contributed by atoms with E-state index >= 15 is 0 Å². The van der Waals surface area contributed by atoms with Crippen molar-refractivity contribution in [1.29, 1.82) is 0 Å². The monoisotopic (exact) mass is 351 g/mol. The molecule has 26 heavy (non-hydrogen) atoms. The second kappa shape index (κ2) is 5.95. The van der Waals surface area contributed by atoms with Crippen LogP contribution in [-0.4, -0.2) is 63.6 Å². The third-order valence-corrected chi connectivity index (χ3v) is 5.88. The molecule has 1 aromatic carbocycles. The van der Waals surface area contributed by atoms with Crippen molar-refractivity contribution in [3.05, 3.63) is 36.4 Å². The molecule has 6 rings (SSSR count). The molecule has 5 heterocycles. The topological polar surface area (TPSA) is 78.3 Å². The predicted molar refractivity (Wildman–Crippen MR) is 96.6 cm³/mol. The van der Waals surface area contributed by atoms with Gasteiger partial charge in [0.25, 0.3) is 5.91 Å².